The Labute approximate surface area is 78.6 Å². The molecule has 0 aliphatic rings. The quantitative estimate of drug-likeness (QED) is 0.200. The molecule has 0 amide bonds. The summed E-state index contributed by atoms with van der Waals surface area (Å²) in [5, 5.41) is 35.5. The molecule has 0 spiro atoms. The molecule has 7 nitrogen and oxygen atoms in total. The van der Waals surface area contributed by atoms with Gasteiger partial charge in [0.15, 0.2) is 12.6 Å². The molecule has 0 aromatic rings. The lowest BCUT2D eigenvalue weighted by atomic mass is 9.90. The van der Waals surface area contributed by atoms with Crippen molar-refractivity contribution in [3.05, 3.63) is 0 Å². The van der Waals surface area contributed by atoms with Crippen molar-refractivity contribution in [2.24, 2.45) is 0 Å². The second kappa shape index (κ2) is 4.91. The largest absolute Gasteiger partial charge is 0.394 e. The molecule has 0 fully saturated rings. The number of carbonyl (C=O) groups excluding carboxylic acids is 3. The van der Waals surface area contributed by atoms with E-state index in [1.807, 2.05) is 0 Å². The average molecular weight is 206 g/mol. The van der Waals surface area contributed by atoms with E-state index in [4.69, 9.17) is 15.3 Å². The van der Waals surface area contributed by atoms with Crippen molar-refractivity contribution in [1.82, 2.24) is 0 Å². The highest BCUT2D eigenvalue weighted by Gasteiger charge is 2.46. The third-order valence-electron chi connectivity index (χ3n) is 1.68. The van der Waals surface area contributed by atoms with E-state index in [0.29, 0.717) is 0 Å². The predicted octanol–water partition coefficient (Wildman–Crippen LogP) is -3.60. The summed E-state index contributed by atoms with van der Waals surface area (Å²) in [6.07, 6.45) is -4.87. The molecule has 0 radical (unpaired) electrons. The van der Waals surface area contributed by atoms with Crippen molar-refractivity contribution in [1.29, 1.82) is 0 Å². The summed E-state index contributed by atoms with van der Waals surface area (Å²) in [6.45, 7) is -0.969. The Bertz CT molecular complexity index is 238. The van der Waals surface area contributed by atoms with Crippen molar-refractivity contribution in [3.8, 4) is 0 Å². The van der Waals surface area contributed by atoms with E-state index in [0.717, 1.165) is 0 Å². The number of aldehydes is 2. The van der Waals surface area contributed by atoms with Gasteiger partial charge >= 0.3 is 0 Å². The molecule has 0 aromatic heterocycles. The molecule has 0 unspecified atom stereocenters. The fourth-order valence-electron chi connectivity index (χ4n) is 0.761. The van der Waals surface area contributed by atoms with Crippen LogP contribution in [0.25, 0.3) is 0 Å². The maximum Gasteiger partial charge on any atom is 0.236 e. The second-order valence-electron chi connectivity index (χ2n) is 2.62. The van der Waals surface area contributed by atoms with Crippen LogP contribution in [0, 0.1) is 0 Å². The third-order valence-corrected chi connectivity index (χ3v) is 1.68. The predicted molar refractivity (Wildman–Crippen MR) is 41.2 cm³/mol. The van der Waals surface area contributed by atoms with Crippen LogP contribution in [0.3, 0.4) is 0 Å². The SMILES string of the molecule is O=CC(=O)[C@@](O)(C=O)[C@@H](O)[C@H](O)CO. The number of Topliss-reactive ketones (excluding diaryl/α,β-unsaturated/α-hetero) is 1. The van der Waals surface area contributed by atoms with E-state index in [1.165, 1.54) is 0 Å². The van der Waals surface area contributed by atoms with E-state index < -0.39 is 30.2 Å². The zero-order valence-corrected chi connectivity index (χ0v) is 7.03. The Balaban J connectivity index is 4.93. The number of carbonyl (C=O) groups is 3. The van der Waals surface area contributed by atoms with Crippen LogP contribution < -0.4 is 0 Å². The molecule has 0 heterocycles. The first-order valence-electron chi connectivity index (χ1n) is 3.59. The molecular formula is C7H10O7. The van der Waals surface area contributed by atoms with Gasteiger partial charge in [0.2, 0.25) is 11.4 Å². The first-order valence-corrected chi connectivity index (χ1v) is 3.59. The monoisotopic (exact) mass is 206 g/mol. The van der Waals surface area contributed by atoms with Gasteiger partial charge in [-0.1, -0.05) is 0 Å². The Hall–Kier alpha value is -1.15. The van der Waals surface area contributed by atoms with Crippen molar-refractivity contribution in [2.45, 2.75) is 17.8 Å². The fraction of sp³-hybridized carbons (Fsp3) is 0.571. The third kappa shape index (κ3) is 2.20. The number of aliphatic hydroxyl groups excluding tert-OH is 3. The highest BCUT2D eigenvalue weighted by molar-refractivity contribution is 6.33. The minimum Gasteiger partial charge on any atom is -0.394 e. The summed E-state index contributed by atoms with van der Waals surface area (Å²) in [6, 6.07) is 0. The van der Waals surface area contributed by atoms with E-state index in [-0.39, 0.29) is 12.6 Å². The standard InChI is InChI=1S/C7H10O7/c8-1-4(11)6(13)7(14,3-10)5(12)2-9/h2-4,6,8,11,13-14H,1H2/t4-,6+,7+/m1/s1. The minimum absolute atomic E-state index is 0.359. The number of aliphatic hydroxyl groups is 4. The van der Waals surface area contributed by atoms with Crippen LogP contribution in [0.4, 0.5) is 0 Å². The normalized spacial score (nSPS) is 19.1. The van der Waals surface area contributed by atoms with Gasteiger partial charge in [-0.2, -0.15) is 0 Å². The van der Waals surface area contributed by atoms with Gasteiger partial charge in [0, 0.05) is 0 Å². The van der Waals surface area contributed by atoms with Gasteiger partial charge in [-0.3, -0.25) is 14.4 Å². The molecule has 7 heteroatoms. The zero-order valence-electron chi connectivity index (χ0n) is 7.03. The van der Waals surface area contributed by atoms with Crippen LogP contribution >= 0.6 is 0 Å². The topological polar surface area (TPSA) is 132 Å². The van der Waals surface area contributed by atoms with Gasteiger partial charge in [0.25, 0.3) is 0 Å². The Morgan fingerprint density at radius 2 is 1.86 bits per heavy atom. The molecule has 4 N–H and O–H groups in total. The summed E-state index contributed by atoms with van der Waals surface area (Å²) >= 11 is 0. The van der Waals surface area contributed by atoms with Crippen molar-refractivity contribution < 1.29 is 34.8 Å². The minimum atomic E-state index is -3.01. The molecule has 0 bridgehead atoms. The Morgan fingerprint density at radius 1 is 1.36 bits per heavy atom. The van der Waals surface area contributed by atoms with Crippen LogP contribution in [0.2, 0.25) is 0 Å². The van der Waals surface area contributed by atoms with Crippen LogP contribution in [-0.4, -0.2) is 63.2 Å². The van der Waals surface area contributed by atoms with Gasteiger partial charge in [-0.25, -0.2) is 0 Å². The number of ketones is 1. The summed E-state index contributed by atoms with van der Waals surface area (Å²) in [5.74, 6) is -1.59. The summed E-state index contributed by atoms with van der Waals surface area (Å²) in [5.41, 5.74) is -3.01. The van der Waals surface area contributed by atoms with Crippen LogP contribution in [-0.2, 0) is 14.4 Å². The molecule has 0 aliphatic carbocycles. The Kier molecular flexibility index (Phi) is 4.51. The van der Waals surface area contributed by atoms with Gasteiger partial charge in [-0.15, -0.1) is 0 Å². The van der Waals surface area contributed by atoms with E-state index in [9.17, 15) is 19.5 Å². The van der Waals surface area contributed by atoms with Gasteiger partial charge in [0.1, 0.15) is 12.2 Å². The molecule has 80 valence electrons. The summed E-state index contributed by atoms with van der Waals surface area (Å²) < 4.78 is 0. The molecule has 3 atom stereocenters. The first kappa shape index (κ1) is 12.8. The lowest BCUT2D eigenvalue weighted by Gasteiger charge is -2.26. The fourth-order valence-corrected chi connectivity index (χ4v) is 0.761. The Morgan fingerprint density at radius 3 is 2.14 bits per heavy atom. The summed E-state index contributed by atoms with van der Waals surface area (Å²) in [4.78, 5) is 31.0. The lowest BCUT2D eigenvalue weighted by Crippen LogP contribution is -2.57. The zero-order chi connectivity index (χ0) is 11.4. The molecule has 0 aliphatic heterocycles. The van der Waals surface area contributed by atoms with E-state index in [2.05, 4.69) is 0 Å². The maximum absolute atomic E-state index is 10.7. The number of hydrogen-bond donors (Lipinski definition) is 4. The maximum atomic E-state index is 10.7. The molecular weight excluding hydrogens is 196 g/mol. The second-order valence-corrected chi connectivity index (χ2v) is 2.62. The highest BCUT2D eigenvalue weighted by atomic mass is 16.4. The summed E-state index contributed by atoms with van der Waals surface area (Å²) in [7, 11) is 0. The lowest BCUT2D eigenvalue weighted by molar-refractivity contribution is -0.168. The first-order chi connectivity index (χ1) is 6.43. The average Bonchev–Trinajstić information content (AvgIpc) is 2.24. The van der Waals surface area contributed by atoms with E-state index >= 15 is 0 Å². The van der Waals surface area contributed by atoms with E-state index in [1.54, 1.807) is 0 Å². The molecule has 0 saturated heterocycles. The van der Waals surface area contributed by atoms with Crippen molar-refractivity contribution in [2.75, 3.05) is 6.61 Å². The van der Waals surface area contributed by atoms with Gasteiger partial charge < -0.3 is 20.4 Å². The van der Waals surface area contributed by atoms with Crippen molar-refractivity contribution in [3.63, 3.8) is 0 Å². The molecule has 14 heavy (non-hydrogen) atoms. The molecule has 0 aromatic carbocycles. The van der Waals surface area contributed by atoms with Crippen LogP contribution in [0.1, 0.15) is 0 Å². The number of rotatable bonds is 6. The highest BCUT2D eigenvalue weighted by Crippen LogP contribution is 2.12. The molecule has 0 saturated carbocycles. The van der Waals surface area contributed by atoms with Crippen LogP contribution in [0.5, 0.6) is 0 Å². The van der Waals surface area contributed by atoms with Crippen molar-refractivity contribution >= 4 is 18.4 Å². The van der Waals surface area contributed by atoms with Crippen LogP contribution in [0.15, 0.2) is 0 Å². The smallest absolute Gasteiger partial charge is 0.236 e. The molecule has 0 rings (SSSR count). The van der Waals surface area contributed by atoms with Gasteiger partial charge in [-0.05, 0) is 0 Å². The van der Waals surface area contributed by atoms with Gasteiger partial charge in [0.05, 0.1) is 6.61 Å². The number of hydrogen-bond acceptors (Lipinski definition) is 7.